The SMILES string of the molecule is Cc1ccc(N2CCN(C(=O)c3ccc([C@@H]4C(=O)NCC4C(C)C)cc3)CC2)nc1. The van der Waals surface area contributed by atoms with Gasteiger partial charge in [-0.2, -0.15) is 0 Å². The number of aromatic nitrogens is 1. The van der Waals surface area contributed by atoms with Crippen LogP contribution in [0.15, 0.2) is 42.6 Å². The molecule has 0 radical (unpaired) electrons. The third-order valence-corrected chi connectivity index (χ3v) is 6.38. The highest BCUT2D eigenvalue weighted by Crippen LogP contribution is 2.34. The molecule has 0 aliphatic carbocycles. The van der Waals surface area contributed by atoms with Gasteiger partial charge < -0.3 is 15.1 Å². The van der Waals surface area contributed by atoms with Crippen LogP contribution in [0, 0.1) is 18.8 Å². The van der Waals surface area contributed by atoms with Crippen LogP contribution < -0.4 is 10.2 Å². The Balaban J connectivity index is 1.40. The third kappa shape index (κ3) is 4.04. The lowest BCUT2D eigenvalue weighted by Crippen LogP contribution is -2.49. The first-order chi connectivity index (χ1) is 14.4. The Morgan fingerprint density at radius 1 is 1.07 bits per heavy atom. The van der Waals surface area contributed by atoms with Gasteiger partial charge in [-0.1, -0.05) is 32.0 Å². The number of aryl methyl sites for hydroxylation is 1. The third-order valence-electron chi connectivity index (χ3n) is 6.38. The number of pyridine rings is 1. The molecule has 0 spiro atoms. The van der Waals surface area contributed by atoms with E-state index in [2.05, 4.69) is 35.1 Å². The molecule has 2 aliphatic rings. The number of rotatable bonds is 4. The zero-order valence-corrected chi connectivity index (χ0v) is 18.0. The Labute approximate surface area is 178 Å². The summed E-state index contributed by atoms with van der Waals surface area (Å²) in [6, 6.07) is 11.7. The van der Waals surface area contributed by atoms with Gasteiger partial charge in [0.15, 0.2) is 0 Å². The predicted molar refractivity (Wildman–Crippen MR) is 118 cm³/mol. The van der Waals surface area contributed by atoms with E-state index in [0.717, 1.165) is 36.6 Å². The van der Waals surface area contributed by atoms with E-state index < -0.39 is 0 Å². The van der Waals surface area contributed by atoms with Gasteiger partial charge in [0.2, 0.25) is 5.91 Å². The van der Waals surface area contributed by atoms with Crippen molar-refractivity contribution in [3.05, 3.63) is 59.3 Å². The summed E-state index contributed by atoms with van der Waals surface area (Å²) in [5, 5.41) is 2.99. The van der Waals surface area contributed by atoms with E-state index in [0.29, 0.717) is 30.5 Å². The largest absolute Gasteiger partial charge is 0.355 e. The summed E-state index contributed by atoms with van der Waals surface area (Å²) in [5.41, 5.74) is 2.82. The Morgan fingerprint density at radius 2 is 1.77 bits per heavy atom. The smallest absolute Gasteiger partial charge is 0.253 e. The summed E-state index contributed by atoms with van der Waals surface area (Å²) >= 11 is 0. The van der Waals surface area contributed by atoms with Crippen LogP contribution in [0.4, 0.5) is 5.82 Å². The van der Waals surface area contributed by atoms with Crippen molar-refractivity contribution >= 4 is 17.6 Å². The highest BCUT2D eigenvalue weighted by atomic mass is 16.2. The molecule has 158 valence electrons. The Morgan fingerprint density at radius 3 is 2.37 bits per heavy atom. The van der Waals surface area contributed by atoms with Crippen LogP contribution in [0.25, 0.3) is 0 Å². The first kappa shape index (κ1) is 20.4. The van der Waals surface area contributed by atoms with E-state index >= 15 is 0 Å². The second-order valence-corrected chi connectivity index (χ2v) is 8.73. The molecule has 1 aromatic carbocycles. The van der Waals surface area contributed by atoms with Crippen molar-refractivity contribution in [3.63, 3.8) is 0 Å². The fourth-order valence-electron chi connectivity index (χ4n) is 4.46. The topological polar surface area (TPSA) is 65.5 Å². The molecule has 6 heteroatoms. The van der Waals surface area contributed by atoms with Crippen molar-refractivity contribution in [2.75, 3.05) is 37.6 Å². The molecule has 30 heavy (non-hydrogen) atoms. The number of benzene rings is 1. The minimum atomic E-state index is -0.125. The fourth-order valence-corrected chi connectivity index (χ4v) is 4.46. The monoisotopic (exact) mass is 406 g/mol. The summed E-state index contributed by atoms with van der Waals surface area (Å²) in [5.74, 6) is 1.70. The molecular formula is C24H30N4O2. The standard InChI is InChI=1S/C24H30N4O2/c1-16(2)20-15-26-23(29)22(20)18-5-7-19(8-6-18)24(30)28-12-10-27(11-13-28)21-9-4-17(3)14-25-21/h4-9,14,16,20,22H,10-13,15H2,1-3H3,(H,26,29)/t20?,22-/m0/s1. The molecule has 3 heterocycles. The Bertz CT molecular complexity index is 900. The molecule has 0 bridgehead atoms. The lowest BCUT2D eigenvalue weighted by Gasteiger charge is -2.35. The number of carbonyl (C=O) groups is 2. The summed E-state index contributed by atoms with van der Waals surface area (Å²) in [6.45, 7) is 9.97. The molecule has 2 amide bonds. The number of hydrogen-bond acceptors (Lipinski definition) is 4. The number of piperazine rings is 1. The Hall–Kier alpha value is -2.89. The van der Waals surface area contributed by atoms with E-state index in [9.17, 15) is 9.59 Å². The lowest BCUT2D eigenvalue weighted by atomic mass is 9.81. The highest BCUT2D eigenvalue weighted by Gasteiger charge is 2.37. The van der Waals surface area contributed by atoms with Gasteiger partial charge in [-0.3, -0.25) is 9.59 Å². The van der Waals surface area contributed by atoms with Crippen molar-refractivity contribution in [1.29, 1.82) is 0 Å². The zero-order valence-electron chi connectivity index (χ0n) is 18.0. The van der Waals surface area contributed by atoms with Crippen molar-refractivity contribution < 1.29 is 9.59 Å². The maximum atomic E-state index is 13.0. The number of nitrogens with one attached hydrogen (secondary N) is 1. The fraction of sp³-hybridized carbons (Fsp3) is 0.458. The maximum absolute atomic E-state index is 13.0. The van der Waals surface area contributed by atoms with Crippen LogP contribution in [0.1, 0.15) is 41.3 Å². The predicted octanol–water partition coefficient (Wildman–Crippen LogP) is 2.84. The quantitative estimate of drug-likeness (QED) is 0.848. The van der Waals surface area contributed by atoms with Crippen LogP contribution in [-0.4, -0.2) is 54.4 Å². The molecule has 1 unspecified atom stereocenters. The van der Waals surface area contributed by atoms with Crippen LogP contribution >= 0.6 is 0 Å². The van der Waals surface area contributed by atoms with Gasteiger partial charge in [0.1, 0.15) is 5.82 Å². The van der Waals surface area contributed by atoms with Gasteiger partial charge in [0.25, 0.3) is 5.91 Å². The van der Waals surface area contributed by atoms with Gasteiger partial charge in [0.05, 0.1) is 5.92 Å². The van der Waals surface area contributed by atoms with Crippen LogP contribution in [0.2, 0.25) is 0 Å². The van der Waals surface area contributed by atoms with E-state index in [1.54, 1.807) is 0 Å². The average Bonchev–Trinajstić information content (AvgIpc) is 3.16. The molecule has 4 rings (SSSR count). The second kappa shape index (κ2) is 8.46. The van der Waals surface area contributed by atoms with E-state index in [-0.39, 0.29) is 17.7 Å². The number of carbonyl (C=O) groups excluding carboxylic acids is 2. The molecule has 0 saturated carbocycles. The molecule has 1 N–H and O–H groups in total. The van der Waals surface area contributed by atoms with E-state index in [4.69, 9.17) is 0 Å². The number of nitrogens with zero attached hydrogens (tertiary/aromatic N) is 3. The number of anilines is 1. The van der Waals surface area contributed by atoms with Gasteiger partial charge >= 0.3 is 0 Å². The Kier molecular flexibility index (Phi) is 5.75. The summed E-state index contributed by atoms with van der Waals surface area (Å²) < 4.78 is 0. The second-order valence-electron chi connectivity index (χ2n) is 8.73. The van der Waals surface area contributed by atoms with E-state index in [1.807, 2.05) is 48.4 Å². The summed E-state index contributed by atoms with van der Waals surface area (Å²) in [7, 11) is 0. The molecule has 6 nitrogen and oxygen atoms in total. The summed E-state index contributed by atoms with van der Waals surface area (Å²) in [6.07, 6.45) is 1.88. The molecule has 2 fully saturated rings. The lowest BCUT2D eigenvalue weighted by molar-refractivity contribution is -0.120. The average molecular weight is 407 g/mol. The van der Waals surface area contributed by atoms with Crippen LogP contribution in [0.3, 0.4) is 0 Å². The van der Waals surface area contributed by atoms with Gasteiger partial charge in [-0.15, -0.1) is 0 Å². The molecule has 2 aromatic rings. The zero-order chi connectivity index (χ0) is 21.3. The molecule has 1 aromatic heterocycles. The van der Waals surface area contributed by atoms with Crippen molar-refractivity contribution in [1.82, 2.24) is 15.2 Å². The number of hydrogen-bond donors (Lipinski definition) is 1. The molecule has 2 atom stereocenters. The summed E-state index contributed by atoms with van der Waals surface area (Å²) in [4.78, 5) is 33.9. The van der Waals surface area contributed by atoms with Crippen molar-refractivity contribution in [3.8, 4) is 0 Å². The van der Waals surface area contributed by atoms with E-state index in [1.165, 1.54) is 0 Å². The molecular weight excluding hydrogens is 376 g/mol. The number of amides is 2. The molecule has 2 saturated heterocycles. The minimum absolute atomic E-state index is 0.0503. The molecule has 2 aliphatic heterocycles. The van der Waals surface area contributed by atoms with Gasteiger partial charge in [-0.25, -0.2) is 4.98 Å². The first-order valence-electron chi connectivity index (χ1n) is 10.8. The van der Waals surface area contributed by atoms with Crippen LogP contribution in [0.5, 0.6) is 0 Å². The first-order valence-corrected chi connectivity index (χ1v) is 10.8. The van der Waals surface area contributed by atoms with Gasteiger partial charge in [0, 0.05) is 44.5 Å². The highest BCUT2D eigenvalue weighted by molar-refractivity contribution is 5.94. The normalized spacial score (nSPS) is 21.8. The maximum Gasteiger partial charge on any atom is 0.253 e. The van der Waals surface area contributed by atoms with Crippen LogP contribution in [-0.2, 0) is 4.79 Å². The van der Waals surface area contributed by atoms with Crippen molar-refractivity contribution in [2.45, 2.75) is 26.7 Å². The van der Waals surface area contributed by atoms with Crippen molar-refractivity contribution in [2.24, 2.45) is 11.8 Å². The van der Waals surface area contributed by atoms with Gasteiger partial charge in [-0.05, 0) is 48.1 Å². The minimum Gasteiger partial charge on any atom is -0.355 e.